The number of nitrogens with zero attached hydrogens (tertiary/aromatic N) is 4. The van der Waals surface area contributed by atoms with Crippen molar-refractivity contribution in [2.45, 2.75) is 32.6 Å². The van der Waals surface area contributed by atoms with Gasteiger partial charge in [-0.15, -0.1) is 0 Å². The summed E-state index contributed by atoms with van der Waals surface area (Å²) in [6, 6.07) is 1.58. The van der Waals surface area contributed by atoms with Crippen LogP contribution in [0.25, 0.3) is 11.0 Å². The first-order valence-electron chi connectivity index (χ1n) is 9.19. The molecule has 0 N–H and O–H groups in total. The van der Waals surface area contributed by atoms with Crippen LogP contribution in [0.1, 0.15) is 43.0 Å². The molecule has 26 heavy (non-hydrogen) atoms. The second kappa shape index (κ2) is 5.79. The van der Waals surface area contributed by atoms with E-state index in [4.69, 9.17) is 0 Å². The number of hydrogen-bond acceptors (Lipinski definition) is 4. The zero-order valence-electron chi connectivity index (χ0n) is 15.5. The van der Waals surface area contributed by atoms with Gasteiger partial charge in [-0.05, 0) is 36.7 Å². The summed E-state index contributed by atoms with van der Waals surface area (Å²) in [6.07, 6.45) is 6.12. The predicted molar refractivity (Wildman–Crippen MR) is 98.2 cm³/mol. The highest BCUT2D eigenvalue weighted by Gasteiger charge is 2.46. The Kier molecular flexibility index (Phi) is 3.78. The fraction of sp³-hybridized carbons (Fsp3) is 0.579. The highest BCUT2D eigenvalue weighted by atomic mass is 16.2. The average Bonchev–Trinajstić information content (AvgIpc) is 2.62. The van der Waals surface area contributed by atoms with Crippen LogP contribution >= 0.6 is 0 Å². The maximum Gasteiger partial charge on any atom is 0.332 e. The number of hydrogen-bond donors (Lipinski definition) is 0. The minimum atomic E-state index is -0.425. The van der Waals surface area contributed by atoms with Gasteiger partial charge in [-0.3, -0.25) is 18.7 Å². The number of piperidine rings is 1. The topological polar surface area (TPSA) is 77.2 Å². The average molecular weight is 356 g/mol. The molecule has 2 aliphatic rings. The highest BCUT2D eigenvalue weighted by Crippen LogP contribution is 2.51. The Labute approximate surface area is 151 Å². The first-order valence-corrected chi connectivity index (χ1v) is 9.19. The van der Waals surface area contributed by atoms with E-state index in [2.05, 4.69) is 11.9 Å². The van der Waals surface area contributed by atoms with Crippen LogP contribution < -0.4 is 11.2 Å². The Morgan fingerprint density at radius 2 is 1.96 bits per heavy atom. The molecular formula is C19H24N4O3. The normalized spacial score (nSPS) is 21.8. The second-order valence-electron chi connectivity index (χ2n) is 7.93. The van der Waals surface area contributed by atoms with Crippen molar-refractivity contribution >= 4 is 16.9 Å². The van der Waals surface area contributed by atoms with E-state index in [9.17, 15) is 14.4 Å². The number of carbonyl (C=O) groups excluding carboxylic acids is 1. The molecule has 1 spiro atoms. The van der Waals surface area contributed by atoms with Crippen LogP contribution in [-0.4, -0.2) is 38.0 Å². The van der Waals surface area contributed by atoms with E-state index >= 15 is 0 Å². The minimum absolute atomic E-state index is 0.0755. The first kappa shape index (κ1) is 17.0. The molecule has 4 rings (SSSR count). The minimum Gasteiger partial charge on any atom is -0.338 e. The zero-order valence-corrected chi connectivity index (χ0v) is 15.5. The number of aryl methyl sites for hydroxylation is 1. The smallest absolute Gasteiger partial charge is 0.332 e. The number of likely N-dealkylation sites (tertiary alicyclic amines) is 1. The molecule has 1 unspecified atom stereocenters. The van der Waals surface area contributed by atoms with Crippen LogP contribution in [0.2, 0.25) is 0 Å². The van der Waals surface area contributed by atoms with Gasteiger partial charge >= 0.3 is 5.69 Å². The molecule has 1 atom stereocenters. The number of rotatable bonds is 1. The molecule has 138 valence electrons. The second-order valence-corrected chi connectivity index (χ2v) is 7.93. The SMILES string of the molecule is CC1CCN(C(=O)c2cnc3c(c2)c(=O)n(C)c(=O)n3C)CC12CCC2. The quantitative estimate of drug-likeness (QED) is 0.771. The van der Waals surface area contributed by atoms with E-state index in [0.29, 0.717) is 22.5 Å². The van der Waals surface area contributed by atoms with E-state index in [-0.39, 0.29) is 11.3 Å². The third kappa shape index (κ3) is 2.33. The van der Waals surface area contributed by atoms with Crippen molar-refractivity contribution in [2.24, 2.45) is 25.4 Å². The third-order valence-electron chi connectivity index (χ3n) is 6.56. The largest absolute Gasteiger partial charge is 0.338 e. The van der Waals surface area contributed by atoms with Crippen molar-refractivity contribution in [2.75, 3.05) is 13.1 Å². The number of aromatic nitrogens is 3. The van der Waals surface area contributed by atoms with Gasteiger partial charge in [0.25, 0.3) is 11.5 Å². The van der Waals surface area contributed by atoms with Crippen LogP contribution in [0.15, 0.2) is 21.9 Å². The van der Waals surface area contributed by atoms with Gasteiger partial charge < -0.3 is 4.90 Å². The molecule has 3 heterocycles. The van der Waals surface area contributed by atoms with Gasteiger partial charge in [0.2, 0.25) is 0 Å². The lowest BCUT2D eigenvalue weighted by Crippen LogP contribution is -2.53. The van der Waals surface area contributed by atoms with Crippen molar-refractivity contribution in [3.63, 3.8) is 0 Å². The summed E-state index contributed by atoms with van der Waals surface area (Å²) < 4.78 is 2.38. The maximum absolute atomic E-state index is 13.0. The van der Waals surface area contributed by atoms with E-state index in [1.807, 2.05) is 4.90 Å². The van der Waals surface area contributed by atoms with Crippen LogP contribution in [0.4, 0.5) is 0 Å². The molecule has 7 heteroatoms. The van der Waals surface area contributed by atoms with Gasteiger partial charge in [0.05, 0.1) is 10.9 Å². The Hall–Kier alpha value is -2.44. The third-order valence-corrected chi connectivity index (χ3v) is 6.56. The Morgan fingerprint density at radius 1 is 1.23 bits per heavy atom. The molecule has 1 aliphatic heterocycles. The summed E-state index contributed by atoms with van der Waals surface area (Å²) in [5.41, 5.74) is 0.145. The monoisotopic (exact) mass is 356 g/mol. The van der Waals surface area contributed by atoms with Gasteiger partial charge in [0.15, 0.2) is 0 Å². The lowest BCUT2D eigenvalue weighted by Gasteiger charge is -2.53. The summed E-state index contributed by atoms with van der Waals surface area (Å²) in [7, 11) is 3.01. The number of pyridine rings is 1. The molecule has 1 saturated heterocycles. The summed E-state index contributed by atoms with van der Waals surface area (Å²) in [5, 5.41) is 0.296. The predicted octanol–water partition coefficient (Wildman–Crippen LogP) is 1.28. The first-order chi connectivity index (χ1) is 12.3. The van der Waals surface area contributed by atoms with Gasteiger partial charge in [-0.1, -0.05) is 13.3 Å². The van der Waals surface area contributed by atoms with Crippen molar-refractivity contribution < 1.29 is 4.79 Å². The Bertz CT molecular complexity index is 1020. The van der Waals surface area contributed by atoms with E-state index in [1.165, 1.54) is 37.1 Å². The molecule has 2 aromatic heterocycles. The van der Waals surface area contributed by atoms with Crippen molar-refractivity contribution in [3.05, 3.63) is 38.7 Å². The van der Waals surface area contributed by atoms with Crippen molar-refractivity contribution in [1.82, 2.24) is 19.0 Å². The van der Waals surface area contributed by atoms with Gasteiger partial charge in [-0.2, -0.15) is 0 Å². The van der Waals surface area contributed by atoms with Crippen LogP contribution in [0.3, 0.4) is 0 Å². The number of fused-ring (bicyclic) bond motifs is 1. The number of amides is 1. The summed E-state index contributed by atoms with van der Waals surface area (Å²) in [6.45, 7) is 3.82. The number of carbonyl (C=O) groups is 1. The standard InChI is InChI=1S/C19H24N4O3/c1-12-5-8-23(11-19(12)6-4-7-19)16(24)13-9-14-15(20-10-13)21(2)18(26)22(3)17(14)25/h9-10,12H,4-8,11H2,1-3H3. The summed E-state index contributed by atoms with van der Waals surface area (Å²) >= 11 is 0. The van der Waals surface area contributed by atoms with Crippen LogP contribution in [-0.2, 0) is 14.1 Å². The maximum atomic E-state index is 13.0. The molecule has 1 aliphatic carbocycles. The lowest BCUT2D eigenvalue weighted by molar-refractivity contribution is -0.0208. The molecule has 1 amide bonds. The summed E-state index contributed by atoms with van der Waals surface area (Å²) in [4.78, 5) is 43.7. The molecule has 0 bridgehead atoms. The van der Waals surface area contributed by atoms with Gasteiger partial charge in [-0.25, -0.2) is 9.78 Å². The fourth-order valence-electron chi connectivity index (χ4n) is 4.49. The molecule has 7 nitrogen and oxygen atoms in total. The van der Waals surface area contributed by atoms with Crippen molar-refractivity contribution in [1.29, 1.82) is 0 Å². The van der Waals surface area contributed by atoms with Crippen LogP contribution in [0, 0.1) is 11.3 Å². The molecule has 2 fully saturated rings. The van der Waals surface area contributed by atoms with Gasteiger partial charge in [0.1, 0.15) is 5.65 Å². The van der Waals surface area contributed by atoms with Gasteiger partial charge in [0, 0.05) is 33.4 Å². The van der Waals surface area contributed by atoms with Crippen molar-refractivity contribution in [3.8, 4) is 0 Å². The lowest BCUT2D eigenvalue weighted by atomic mass is 9.59. The molecule has 2 aromatic rings. The van der Waals surface area contributed by atoms with E-state index in [0.717, 1.165) is 24.1 Å². The molecule has 0 aromatic carbocycles. The van der Waals surface area contributed by atoms with E-state index < -0.39 is 11.2 Å². The highest BCUT2D eigenvalue weighted by molar-refractivity contribution is 5.96. The fourth-order valence-corrected chi connectivity index (χ4v) is 4.49. The Balaban J connectivity index is 1.72. The van der Waals surface area contributed by atoms with E-state index in [1.54, 1.807) is 13.1 Å². The van der Waals surface area contributed by atoms with Crippen LogP contribution in [0.5, 0.6) is 0 Å². The molecular weight excluding hydrogens is 332 g/mol. The zero-order chi connectivity index (χ0) is 18.6. The summed E-state index contributed by atoms with van der Waals surface area (Å²) in [5.74, 6) is 0.574. The Morgan fingerprint density at radius 3 is 2.62 bits per heavy atom. The molecule has 0 radical (unpaired) electrons. The molecule has 1 saturated carbocycles.